The third-order valence-corrected chi connectivity index (χ3v) is 2.99. The quantitative estimate of drug-likeness (QED) is 0.735. The van der Waals surface area contributed by atoms with Crippen LogP contribution in [0.5, 0.6) is 0 Å². The third-order valence-electron chi connectivity index (χ3n) is 2.21. The van der Waals surface area contributed by atoms with Gasteiger partial charge in [0.05, 0.1) is 0 Å². The largest absolute Gasteiger partial charge is 0.385 e. The highest BCUT2D eigenvalue weighted by atomic mass is 79.9. The van der Waals surface area contributed by atoms with Crippen LogP contribution < -0.4 is 0 Å². The molecule has 0 fully saturated rings. The summed E-state index contributed by atoms with van der Waals surface area (Å²) in [5.41, 5.74) is 2.70. The zero-order valence-electron chi connectivity index (χ0n) is 8.79. The van der Waals surface area contributed by atoms with Crippen LogP contribution in [-0.2, 0) is 11.2 Å². The Bertz CT molecular complexity index is 256. The maximum absolute atomic E-state index is 5.04. The zero-order chi connectivity index (χ0) is 10.4. The minimum absolute atomic E-state index is 0.519. The molecule has 0 aliphatic rings. The van der Waals surface area contributed by atoms with Crippen LogP contribution in [0.2, 0.25) is 0 Å². The van der Waals surface area contributed by atoms with Gasteiger partial charge in [-0.3, -0.25) is 0 Å². The van der Waals surface area contributed by atoms with Gasteiger partial charge in [-0.15, -0.1) is 0 Å². The normalized spacial score (nSPS) is 12.8. The maximum atomic E-state index is 5.04. The van der Waals surface area contributed by atoms with Crippen molar-refractivity contribution in [2.45, 2.75) is 24.6 Å². The van der Waals surface area contributed by atoms with Gasteiger partial charge in [0.1, 0.15) is 0 Å². The Morgan fingerprint density at radius 2 is 1.93 bits per heavy atom. The minimum Gasteiger partial charge on any atom is -0.385 e. The van der Waals surface area contributed by atoms with E-state index in [2.05, 4.69) is 47.1 Å². The summed E-state index contributed by atoms with van der Waals surface area (Å²) in [7, 11) is 1.74. The lowest BCUT2D eigenvalue weighted by Gasteiger charge is -2.09. The molecule has 1 atom stereocenters. The predicted octanol–water partition coefficient (Wildman–Crippen LogP) is 3.34. The topological polar surface area (TPSA) is 9.23 Å². The second-order valence-corrected chi connectivity index (χ2v) is 4.86. The average Bonchev–Trinajstić information content (AvgIpc) is 2.18. The van der Waals surface area contributed by atoms with Crippen LogP contribution in [0.25, 0.3) is 0 Å². The van der Waals surface area contributed by atoms with Gasteiger partial charge in [-0.05, 0) is 25.3 Å². The molecule has 0 radical (unpaired) electrons. The van der Waals surface area contributed by atoms with E-state index in [1.165, 1.54) is 11.1 Å². The van der Waals surface area contributed by atoms with E-state index in [4.69, 9.17) is 4.74 Å². The van der Waals surface area contributed by atoms with Crippen molar-refractivity contribution < 1.29 is 4.74 Å². The third kappa shape index (κ3) is 4.25. The average molecular weight is 257 g/mol. The number of hydrogen-bond donors (Lipinski definition) is 0. The van der Waals surface area contributed by atoms with Crippen molar-refractivity contribution in [3.05, 3.63) is 35.4 Å². The van der Waals surface area contributed by atoms with E-state index in [0.717, 1.165) is 19.4 Å². The highest BCUT2D eigenvalue weighted by molar-refractivity contribution is 9.09. The van der Waals surface area contributed by atoms with E-state index < -0.39 is 0 Å². The smallest absolute Gasteiger partial charge is 0.0473 e. The molecule has 1 aromatic carbocycles. The second kappa shape index (κ2) is 6.20. The van der Waals surface area contributed by atoms with Crippen LogP contribution in [0.3, 0.4) is 0 Å². The summed E-state index contributed by atoms with van der Waals surface area (Å²) in [5, 5.41) is 0. The fourth-order valence-electron chi connectivity index (χ4n) is 1.33. The van der Waals surface area contributed by atoms with Crippen molar-refractivity contribution in [3.8, 4) is 0 Å². The van der Waals surface area contributed by atoms with Gasteiger partial charge in [0.25, 0.3) is 0 Å². The number of rotatable bonds is 5. The van der Waals surface area contributed by atoms with E-state index in [1.54, 1.807) is 7.11 Å². The van der Waals surface area contributed by atoms with E-state index in [1.807, 2.05) is 0 Å². The Morgan fingerprint density at radius 3 is 2.50 bits per heavy atom. The summed E-state index contributed by atoms with van der Waals surface area (Å²) in [4.78, 5) is 0.519. The summed E-state index contributed by atoms with van der Waals surface area (Å²) < 4.78 is 5.04. The molecule has 14 heavy (non-hydrogen) atoms. The lowest BCUT2D eigenvalue weighted by Crippen LogP contribution is -2.06. The molecule has 1 aromatic rings. The molecule has 0 spiro atoms. The molecule has 0 aliphatic heterocycles. The summed E-state index contributed by atoms with van der Waals surface area (Å²) in [6.45, 7) is 2.93. The van der Waals surface area contributed by atoms with Gasteiger partial charge < -0.3 is 4.74 Å². The van der Waals surface area contributed by atoms with Gasteiger partial charge in [-0.1, -0.05) is 45.8 Å². The Morgan fingerprint density at radius 1 is 1.29 bits per heavy atom. The fraction of sp³-hybridized carbons (Fsp3) is 0.500. The van der Waals surface area contributed by atoms with Gasteiger partial charge in [-0.25, -0.2) is 0 Å². The summed E-state index contributed by atoms with van der Waals surface area (Å²) in [5.74, 6) is 0. The van der Waals surface area contributed by atoms with E-state index in [0.29, 0.717) is 4.83 Å². The number of methoxy groups -OCH3 is 1. The van der Waals surface area contributed by atoms with Crippen molar-refractivity contribution in [2.75, 3.05) is 13.7 Å². The fourth-order valence-corrected chi connectivity index (χ4v) is 1.89. The first-order valence-electron chi connectivity index (χ1n) is 4.91. The lowest BCUT2D eigenvalue weighted by atomic mass is 10.1. The van der Waals surface area contributed by atoms with Gasteiger partial charge in [0.2, 0.25) is 0 Å². The van der Waals surface area contributed by atoms with Gasteiger partial charge in [-0.2, -0.15) is 0 Å². The van der Waals surface area contributed by atoms with Gasteiger partial charge >= 0.3 is 0 Å². The Hall–Kier alpha value is -0.340. The van der Waals surface area contributed by atoms with Crippen molar-refractivity contribution >= 4 is 15.9 Å². The number of ether oxygens (including phenoxy) is 1. The molecule has 1 nitrogen and oxygen atoms in total. The number of benzene rings is 1. The summed E-state index contributed by atoms with van der Waals surface area (Å²) in [6, 6.07) is 8.70. The second-order valence-electron chi connectivity index (χ2n) is 3.57. The molecule has 0 bridgehead atoms. The standard InChI is InChI=1S/C12H17BrO/c1-10-3-5-11(6-4-10)9-12(13)7-8-14-2/h3-6,12H,7-9H2,1-2H3. The SMILES string of the molecule is COCCC(Br)Cc1ccc(C)cc1. The first-order chi connectivity index (χ1) is 6.72. The molecule has 0 N–H and O–H groups in total. The molecule has 0 saturated carbocycles. The van der Waals surface area contributed by atoms with Crippen molar-refractivity contribution in [2.24, 2.45) is 0 Å². The molecular formula is C12H17BrO. The van der Waals surface area contributed by atoms with Crippen molar-refractivity contribution in [1.82, 2.24) is 0 Å². The Labute approximate surface area is 94.6 Å². The highest BCUT2D eigenvalue weighted by Crippen LogP contribution is 2.13. The Kier molecular flexibility index (Phi) is 5.20. The maximum Gasteiger partial charge on any atom is 0.0473 e. The van der Waals surface area contributed by atoms with Crippen LogP contribution in [0.1, 0.15) is 17.5 Å². The monoisotopic (exact) mass is 256 g/mol. The molecular weight excluding hydrogens is 240 g/mol. The highest BCUT2D eigenvalue weighted by Gasteiger charge is 2.04. The molecule has 1 unspecified atom stereocenters. The number of halogens is 1. The first kappa shape index (κ1) is 11.7. The number of alkyl halides is 1. The van der Waals surface area contributed by atoms with Crippen LogP contribution in [-0.4, -0.2) is 18.5 Å². The molecule has 0 aliphatic carbocycles. The molecule has 0 amide bonds. The lowest BCUT2D eigenvalue weighted by molar-refractivity contribution is 0.194. The minimum atomic E-state index is 0.519. The van der Waals surface area contributed by atoms with Crippen molar-refractivity contribution in [3.63, 3.8) is 0 Å². The molecule has 0 saturated heterocycles. The van der Waals surface area contributed by atoms with Crippen LogP contribution in [0.4, 0.5) is 0 Å². The van der Waals surface area contributed by atoms with Crippen LogP contribution in [0, 0.1) is 6.92 Å². The molecule has 0 heterocycles. The van der Waals surface area contributed by atoms with E-state index in [-0.39, 0.29) is 0 Å². The van der Waals surface area contributed by atoms with Crippen LogP contribution >= 0.6 is 15.9 Å². The predicted molar refractivity (Wildman–Crippen MR) is 64.1 cm³/mol. The molecule has 0 aromatic heterocycles. The summed E-state index contributed by atoms with van der Waals surface area (Å²) in [6.07, 6.45) is 2.13. The molecule has 2 heteroatoms. The van der Waals surface area contributed by atoms with Crippen molar-refractivity contribution in [1.29, 1.82) is 0 Å². The molecule has 78 valence electrons. The number of aryl methyl sites for hydroxylation is 1. The van der Waals surface area contributed by atoms with Gasteiger partial charge in [0, 0.05) is 18.5 Å². The van der Waals surface area contributed by atoms with Gasteiger partial charge in [0.15, 0.2) is 0 Å². The number of hydrogen-bond acceptors (Lipinski definition) is 1. The first-order valence-corrected chi connectivity index (χ1v) is 5.82. The van der Waals surface area contributed by atoms with Crippen LogP contribution in [0.15, 0.2) is 24.3 Å². The summed E-state index contributed by atoms with van der Waals surface area (Å²) >= 11 is 3.65. The Balaban J connectivity index is 2.39. The van der Waals surface area contributed by atoms with E-state index in [9.17, 15) is 0 Å². The molecule has 1 rings (SSSR count). The zero-order valence-corrected chi connectivity index (χ0v) is 10.4. The van der Waals surface area contributed by atoms with E-state index >= 15 is 0 Å².